The lowest BCUT2D eigenvalue weighted by atomic mass is 10.1. The van der Waals surface area contributed by atoms with E-state index in [1.54, 1.807) is 11.4 Å². The van der Waals surface area contributed by atoms with Crippen LogP contribution in [0.15, 0.2) is 9.63 Å². The average molecular weight is 352 g/mol. The summed E-state index contributed by atoms with van der Waals surface area (Å²) in [5, 5.41) is 10.9. The van der Waals surface area contributed by atoms with Crippen LogP contribution in [0, 0.1) is 0 Å². The molecule has 108 valence electrons. The van der Waals surface area contributed by atoms with Crippen molar-refractivity contribution < 1.29 is 8.42 Å². The summed E-state index contributed by atoms with van der Waals surface area (Å²) in [6.07, 6.45) is 1.66. The maximum absolute atomic E-state index is 12.7. The second-order valence-corrected chi connectivity index (χ2v) is 7.06. The van der Waals surface area contributed by atoms with E-state index < -0.39 is 10.0 Å². The molecule has 0 saturated carbocycles. The maximum atomic E-state index is 12.7. The molecule has 1 aromatic heterocycles. The molecule has 7 nitrogen and oxygen atoms in total. The summed E-state index contributed by atoms with van der Waals surface area (Å²) < 4.78 is 28.6. The number of piperidine rings is 1. The van der Waals surface area contributed by atoms with Gasteiger partial charge in [0.1, 0.15) is 0 Å². The SMILES string of the molecule is CCN(C1CCNCC1)S(=O)(=O)c1c(Br)nnn1C. The number of hydrogen-bond donors (Lipinski definition) is 1. The minimum Gasteiger partial charge on any atom is -0.317 e. The Hall–Kier alpha value is -0.510. The normalized spacial score (nSPS) is 18.1. The van der Waals surface area contributed by atoms with Crippen molar-refractivity contribution in [2.45, 2.75) is 30.8 Å². The number of halogens is 1. The van der Waals surface area contributed by atoms with E-state index in [0.717, 1.165) is 25.9 Å². The van der Waals surface area contributed by atoms with Crippen LogP contribution >= 0.6 is 15.9 Å². The molecule has 0 unspecified atom stereocenters. The predicted molar refractivity (Wildman–Crippen MR) is 74.2 cm³/mol. The van der Waals surface area contributed by atoms with Gasteiger partial charge in [-0.25, -0.2) is 13.1 Å². The molecular weight excluding hydrogens is 334 g/mol. The quantitative estimate of drug-likeness (QED) is 0.845. The van der Waals surface area contributed by atoms with Gasteiger partial charge in [0.15, 0.2) is 4.60 Å². The first-order valence-corrected chi connectivity index (χ1v) is 8.49. The highest BCUT2D eigenvalue weighted by molar-refractivity contribution is 9.10. The predicted octanol–water partition coefficient (Wildman–Crippen LogP) is 0.340. The molecule has 0 atom stereocenters. The lowest BCUT2D eigenvalue weighted by Gasteiger charge is -2.32. The highest BCUT2D eigenvalue weighted by Gasteiger charge is 2.35. The van der Waals surface area contributed by atoms with E-state index in [0.29, 0.717) is 6.54 Å². The number of nitrogens with zero attached hydrogens (tertiary/aromatic N) is 4. The molecule has 2 heterocycles. The van der Waals surface area contributed by atoms with Gasteiger partial charge in [0, 0.05) is 19.6 Å². The zero-order chi connectivity index (χ0) is 14.0. The molecule has 1 aliphatic heterocycles. The Kier molecular flexibility index (Phi) is 4.59. The van der Waals surface area contributed by atoms with Crippen molar-refractivity contribution >= 4 is 26.0 Å². The van der Waals surface area contributed by atoms with Crippen LogP contribution in [-0.4, -0.2) is 53.4 Å². The number of rotatable bonds is 4. The highest BCUT2D eigenvalue weighted by Crippen LogP contribution is 2.25. The lowest BCUT2D eigenvalue weighted by Crippen LogP contribution is -2.46. The van der Waals surface area contributed by atoms with Crippen LogP contribution in [0.3, 0.4) is 0 Å². The van der Waals surface area contributed by atoms with Gasteiger partial charge < -0.3 is 5.32 Å². The maximum Gasteiger partial charge on any atom is 0.263 e. The first-order chi connectivity index (χ1) is 8.98. The third kappa shape index (κ3) is 2.83. The third-order valence-corrected chi connectivity index (χ3v) is 6.23. The van der Waals surface area contributed by atoms with Crippen molar-refractivity contribution in [3.63, 3.8) is 0 Å². The minimum absolute atomic E-state index is 0.0399. The van der Waals surface area contributed by atoms with Gasteiger partial charge in [-0.05, 0) is 41.9 Å². The van der Waals surface area contributed by atoms with Gasteiger partial charge in [0.2, 0.25) is 5.03 Å². The Morgan fingerprint density at radius 1 is 1.47 bits per heavy atom. The fourth-order valence-corrected chi connectivity index (χ4v) is 5.16. The number of nitrogens with one attached hydrogen (secondary N) is 1. The van der Waals surface area contributed by atoms with E-state index in [1.807, 2.05) is 6.92 Å². The lowest BCUT2D eigenvalue weighted by molar-refractivity contribution is 0.269. The molecule has 19 heavy (non-hydrogen) atoms. The largest absolute Gasteiger partial charge is 0.317 e. The zero-order valence-corrected chi connectivity index (χ0v) is 13.4. The molecule has 0 bridgehead atoms. The van der Waals surface area contributed by atoms with Gasteiger partial charge in [-0.3, -0.25) is 0 Å². The van der Waals surface area contributed by atoms with Gasteiger partial charge in [0.25, 0.3) is 10.0 Å². The first-order valence-electron chi connectivity index (χ1n) is 6.26. The van der Waals surface area contributed by atoms with Gasteiger partial charge in [-0.2, -0.15) is 4.31 Å². The van der Waals surface area contributed by atoms with E-state index in [1.165, 1.54) is 4.68 Å². The molecule has 1 aliphatic rings. The number of aryl methyl sites for hydroxylation is 1. The minimum atomic E-state index is -3.57. The molecule has 0 amide bonds. The van der Waals surface area contributed by atoms with Crippen molar-refractivity contribution in [3.8, 4) is 0 Å². The molecule has 0 aromatic carbocycles. The summed E-state index contributed by atoms with van der Waals surface area (Å²) in [6, 6.07) is 0.0399. The van der Waals surface area contributed by atoms with Crippen LogP contribution in [0.25, 0.3) is 0 Å². The average Bonchev–Trinajstić information content (AvgIpc) is 2.71. The summed E-state index contributed by atoms with van der Waals surface area (Å²) in [4.78, 5) is 0. The smallest absolute Gasteiger partial charge is 0.263 e. The summed E-state index contributed by atoms with van der Waals surface area (Å²) in [7, 11) is -1.99. The monoisotopic (exact) mass is 351 g/mol. The topological polar surface area (TPSA) is 80.1 Å². The highest BCUT2D eigenvalue weighted by atomic mass is 79.9. The standard InChI is InChI=1S/C10H18BrN5O2S/c1-3-16(8-4-6-12-7-5-8)19(17,18)10-9(11)13-14-15(10)2/h8,12H,3-7H2,1-2H3. The molecule has 1 N–H and O–H groups in total. The summed E-state index contributed by atoms with van der Waals surface area (Å²) in [5.74, 6) is 0. The number of hydrogen-bond acceptors (Lipinski definition) is 5. The Bertz CT molecular complexity index is 519. The Morgan fingerprint density at radius 3 is 2.58 bits per heavy atom. The summed E-state index contributed by atoms with van der Waals surface area (Å²) in [6.45, 7) is 4.00. The number of sulfonamides is 1. The van der Waals surface area contributed by atoms with E-state index >= 15 is 0 Å². The van der Waals surface area contributed by atoms with Crippen molar-refractivity contribution in [2.24, 2.45) is 7.05 Å². The van der Waals surface area contributed by atoms with Crippen molar-refractivity contribution in [3.05, 3.63) is 4.60 Å². The molecule has 9 heteroatoms. The fraction of sp³-hybridized carbons (Fsp3) is 0.800. The molecule has 1 saturated heterocycles. The van der Waals surface area contributed by atoms with Gasteiger partial charge in [-0.15, -0.1) is 5.10 Å². The molecule has 2 rings (SSSR count). The Morgan fingerprint density at radius 2 is 2.11 bits per heavy atom. The van der Waals surface area contributed by atoms with Crippen LogP contribution in [-0.2, 0) is 17.1 Å². The van der Waals surface area contributed by atoms with Gasteiger partial charge in [-0.1, -0.05) is 12.1 Å². The van der Waals surface area contributed by atoms with E-state index in [-0.39, 0.29) is 15.7 Å². The molecule has 0 spiro atoms. The van der Waals surface area contributed by atoms with Crippen LogP contribution < -0.4 is 5.32 Å². The van der Waals surface area contributed by atoms with Gasteiger partial charge in [0.05, 0.1) is 0 Å². The van der Waals surface area contributed by atoms with E-state index in [9.17, 15) is 8.42 Å². The van der Waals surface area contributed by atoms with E-state index in [4.69, 9.17) is 0 Å². The molecular formula is C10H18BrN5O2S. The molecule has 1 aromatic rings. The van der Waals surface area contributed by atoms with Crippen molar-refractivity contribution in [2.75, 3.05) is 19.6 Å². The van der Waals surface area contributed by atoms with Crippen LogP contribution in [0.1, 0.15) is 19.8 Å². The van der Waals surface area contributed by atoms with Crippen LogP contribution in [0.2, 0.25) is 0 Å². The van der Waals surface area contributed by atoms with Crippen LogP contribution in [0.5, 0.6) is 0 Å². The van der Waals surface area contributed by atoms with Crippen molar-refractivity contribution in [1.29, 1.82) is 0 Å². The molecule has 0 radical (unpaired) electrons. The second kappa shape index (κ2) is 5.86. The van der Waals surface area contributed by atoms with Crippen molar-refractivity contribution in [1.82, 2.24) is 24.6 Å². The third-order valence-electron chi connectivity index (χ3n) is 3.32. The Labute approximate surface area is 121 Å². The molecule has 1 fully saturated rings. The second-order valence-electron chi connectivity index (χ2n) is 4.50. The fourth-order valence-electron chi connectivity index (χ4n) is 2.43. The Balaban J connectivity index is 2.36. The van der Waals surface area contributed by atoms with Gasteiger partial charge >= 0.3 is 0 Å². The number of aromatic nitrogens is 3. The zero-order valence-electron chi connectivity index (χ0n) is 11.0. The van der Waals surface area contributed by atoms with Crippen LogP contribution in [0.4, 0.5) is 0 Å². The first kappa shape index (κ1) is 14.9. The van der Waals surface area contributed by atoms with E-state index in [2.05, 4.69) is 31.6 Å². The summed E-state index contributed by atoms with van der Waals surface area (Å²) >= 11 is 3.16. The summed E-state index contributed by atoms with van der Waals surface area (Å²) in [5.41, 5.74) is 0. The molecule has 0 aliphatic carbocycles.